The number of nitrogens with one attached hydrogen (secondary N) is 3. The first-order chi connectivity index (χ1) is 16.3. The maximum atomic E-state index is 13.0. The summed E-state index contributed by atoms with van der Waals surface area (Å²) in [5.41, 5.74) is 1.00. The lowest BCUT2D eigenvalue weighted by Crippen LogP contribution is -2.45. The summed E-state index contributed by atoms with van der Waals surface area (Å²) in [5, 5.41) is 22.6. The van der Waals surface area contributed by atoms with E-state index in [0.29, 0.717) is 5.69 Å². The number of rotatable bonds is 10. The summed E-state index contributed by atoms with van der Waals surface area (Å²) < 4.78 is 4.88. The summed E-state index contributed by atoms with van der Waals surface area (Å²) >= 11 is 0. The lowest BCUT2D eigenvalue weighted by Gasteiger charge is -2.20. The Hall–Kier alpha value is -4.48. The summed E-state index contributed by atoms with van der Waals surface area (Å²) in [4.78, 5) is 48.2. The molecule has 0 saturated carbocycles. The van der Waals surface area contributed by atoms with Gasteiger partial charge in [-0.3, -0.25) is 14.9 Å². The number of carbonyl (C=O) groups excluding carboxylic acids is 3. The molecule has 2 aromatic carbocycles. The van der Waals surface area contributed by atoms with Crippen molar-refractivity contribution in [2.45, 2.75) is 25.8 Å². The van der Waals surface area contributed by atoms with Gasteiger partial charge in [-0.1, -0.05) is 30.3 Å². The third-order valence-corrected chi connectivity index (χ3v) is 4.68. The maximum Gasteiger partial charge on any atom is 0.328 e. The predicted molar refractivity (Wildman–Crippen MR) is 125 cm³/mol. The van der Waals surface area contributed by atoms with E-state index in [0.717, 1.165) is 5.56 Å². The molecule has 5 N–H and O–H groups in total. The number of nitro groups is 1. The molecule has 0 aliphatic rings. The highest BCUT2D eigenvalue weighted by Gasteiger charge is 2.30. The van der Waals surface area contributed by atoms with E-state index >= 15 is 0 Å². The van der Waals surface area contributed by atoms with E-state index in [1.54, 1.807) is 37.3 Å². The summed E-state index contributed by atoms with van der Waals surface area (Å²) in [7, 11) is 0. The molecular weight excluding hydrogens is 444 g/mol. The van der Waals surface area contributed by atoms with Crippen LogP contribution in [0.3, 0.4) is 0 Å². The Kier molecular flexibility index (Phi) is 9.50. The molecule has 12 nitrogen and oxygen atoms in total. The molecule has 0 bridgehead atoms. The molecule has 3 amide bonds. The van der Waals surface area contributed by atoms with Gasteiger partial charge in [0.1, 0.15) is 6.04 Å². The van der Waals surface area contributed by atoms with Gasteiger partial charge in [0.15, 0.2) is 0 Å². The van der Waals surface area contributed by atoms with E-state index in [9.17, 15) is 24.5 Å². The summed E-state index contributed by atoms with van der Waals surface area (Å²) in [6, 6.07) is 10.7. The quantitative estimate of drug-likeness (QED) is 0.134. The van der Waals surface area contributed by atoms with Crippen LogP contribution in [0.2, 0.25) is 0 Å². The van der Waals surface area contributed by atoms with Crippen LogP contribution in [0.5, 0.6) is 0 Å². The fourth-order valence-electron chi connectivity index (χ4n) is 3.04. The first-order valence-corrected chi connectivity index (χ1v) is 10.3. The Balaban J connectivity index is 2.17. The zero-order valence-electron chi connectivity index (χ0n) is 18.7. The standard InChI is InChI=1S/C22H26N6O6/c1-3-34-21(30)14(2)26-20(29)18(17-6-4-5-7-19(17)28(32)33)13-24-22(31)27-16-10-8-15(9-11-16)12-25-23/h4-12,14,18H,3,13,23H2,1-2H3,(H,26,29)(H2,24,27,31). The average molecular weight is 470 g/mol. The number of hydrazone groups is 1. The number of anilines is 1. The van der Waals surface area contributed by atoms with Gasteiger partial charge in [0.05, 0.1) is 23.7 Å². The molecule has 34 heavy (non-hydrogen) atoms. The first-order valence-electron chi connectivity index (χ1n) is 10.3. The number of carbonyl (C=O) groups is 3. The van der Waals surface area contributed by atoms with E-state index in [4.69, 9.17) is 10.6 Å². The van der Waals surface area contributed by atoms with Gasteiger partial charge >= 0.3 is 12.0 Å². The van der Waals surface area contributed by atoms with E-state index in [1.165, 1.54) is 31.3 Å². The van der Waals surface area contributed by atoms with E-state index < -0.39 is 34.8 Å². The molecule has 180 valence electrons. The summed E-state index contributed by atoms with van der Waals surface area (Å²) in [6.07, 6.45) is 1.44. The molecule has 2 rings (SSSR count). The van der Waals surface area contributed by atoms with Gasteiger partial charge in [-0.25, -0.2) is 9.59 Å². The number of nitro benzene ring substituents is 1. The van der Waals surface area contributed by atoms with Crippen molar-refractivity contribution in [3.05, 3.63) is 69.8 Å². The largest absolute Gasteiger partial charge is 0.464 e. The fourth-order valence-corrected chi connectivity index (χ4v) is 3.04. The molecule has 0 aliphatic heterocycles. The minimum absolute atomic E-state index is 0.0896. The lowest BCUT2D eigenvalue weighted by molar-refractivity contribution is -0.385. The van der Waals surface area contributed by atoms with Crippen LogP contribution in [0.25, 0.3) is 0 Å². The van der Waals surface area contributed by atoms with Crippen LogP contribution in [0.4, 0.5) is 16.2 Å². The average Bonchev–Trinajstić information content (AvgIpc) is 2.81. The third-order valence-electron chi connectivity index (χ3n) is 4.68. The van der Waals surface area contributed by atoms with Crippen LogP contribution in [0.1, 0.15) is 30.9 Å². The van der Waals surface area contributed by atoms with Crippen molar-refractivity contribution in [3.8, 4) is 0 Å². The van der Waals surface area contributed by atoms with Gasteiger partial charge in [0.2, 0.25) is 5.91 Å². The van der Waals surface area contributed by atoms with E-state index in [1.807, 2.05) is 0 Å². The highest BCUT2D eigenvalue weighted by Crippen LogP contribution is 2.26. The Morgan fingerprint density at radius 2 is 1.85 bits per heavy atom. The molecule has 0 spiro atoms. The van der Waals surface area contributed by atoms with Crippen molar-refractivity contribution in [2.75, 3.05) is 18.5 Å². The molecule has 2 atom stereocenters. The van der Waals surface area contributed by atoms with Crippen molar-refractivity contribution in [1.82, 2.24) is 10.6 Å². The Morgan fingerprint density at radius 3 is 2.47 bits per heavy atom. The third kappa shape index (κ3) is 7.29. The van der Waals surface area contributed by atoms with Crippen molar-refractivity contribution >= 4 is 35.5 Å². The van der Waals surface area contributed by atoms with Gasteiger partial charge < -0.3 is 26.5 Å². The van der Waals surface area contributed by atoms with Gasteiger partial charge in [-0.2, -0.15) is 5.10 Å². The molecule has 0 aliphatic carbocycles. The highest BCUT2D eigenvalue weighted by atomic mass is 16.6. The summed E-state index contributed by atoms with van der Waals surface area (Å²) in [5.74, 6) is 2.63. The van der Waals surface area contributed by atoms with Crippen LogP contribution in [0, 0.1) is 10.1 Å². The van der Waals surface area contributed by atoms with Crippen molar-refractivity contribution in [1.29, 1.82) is 0 Å². The van der Waals surface area contributed by atoms with Gasteiger partial charge in [0.25, 0.3) is 5.69 Å². The number of nitrogens with zero attached hydrogens (tertiary/aromatic N) is 2. The van der Waals surface area contributed by atoms with Crippen molar-refractivity contribution in [2.24, 2.45) is 10.9 Å². The SMILES string of the molecule is CCOC(=O)C(C)NC(=O)C(CNC(=O)Nc1ccc(C=NN)cc1)c1ccccc1[N+](=O)[O-]. The second kappa shape index (κ2) is 12.5. The number of benzene rings is 2. The molecule has 12 heteroatoms. The normalized spacial score (nSPS) is 12.4. The smallest absolute Gasteiger partial charge is 0.328 e. The van der Waals surface area contributed by atoms with Crippen LogP contribution in [-0.4, -0.2) is 48.2 Å². The minimum Gasteiger partial charge on any atom is -0.464 e. The molecule has 2 aromatic rings. The van der Waals surface area contributed by atoms with Crippen molar-refractivity contribution in [3.63, 3.8) is 0 Å². The Morgan fingerprint density at radius 1 is 1.18 bits per heavy atom. The molecule has 0 heterocycles. The first kappa shape index (κ1) is 25.8. The van der Waals surface area contributed by atoms with Gasteiger partial charge in [-0.15, -0.1) is 0 Å². The fraction of sp³-hybridized carbons (Fsp3) is 0.273. The number of esters is 1. The Labute approximate surface area is 195 Å². The van der Waals surface area contributed by atoms with Gasteiger partial charge in [0, 0.05) is 23.9 Å². The topological polar surface area (TPSA) is 178 Å². The molecule has 0 fully saturated rings. The van der Waals surface area contributed by atoms with Crippen LogP contribution in [-0.2, 0) is 14.3 Å². The predicted octanol–water partition coefficient (Wildman–Crippen LogP) is 1.86. The van der Waals surface area contributed by atoms with Crippen LogP contribution < -0.4 is 21.8 Å². The molecule has 0 saturated heterocycles. The number of nitrogens with two attached hydrogens (primary N) is 1. The molecule has 0 aromatic heterocycles. The number of ether oxygens (including phenoxy) is 1. The second-order valence-corrected chi connectivity index (χ2v) is 7.09. The molecular formula is C22H26N6O6. The second-order valence-electron chi connectivity index (χ2n) is 7.09. The highest BCUT2D eigenvalue weighted by molar-refractivity contribution is 5.92. The zero-order valence-corrected chi connectivity index (χ0v) is 18.7. The maximum absolute atomic E-state index is 13.0. The number of para-hydroxylation sites is 1. The number of hydrogen-bond acceptors (Lipinski definition) is 8. The molecule has 0 radical (unpaired) electrons. The molecule has 2 unspecified atom stereocenters. The number of amides is 3. The van der Waals surface area contributed by atoms with Crippen LogP contribution in [0.15, 0.2) is 53.6 Å². The Bertz CT molecular complexity index is 1060. The monoisotopic (exact) mass is 470 g/mol. The van der Waals surface area contributed by atoms with E-state index in [2.05, 4.69) is 21.1 Å². The van der Waals surface area contributed by atoms with E-state index in [-0.39, 0.29) is 24.4 Å². The minimum atomic E-state index is -1.15. The number of hydrogen-bond donors (Lipinski definition) is 4. The van der Waals surface area contributed by atoms with Crippen molar-refractivity contribution < 1.29 is 24.0 Å². The zero-order chi connectivity index (χ0) is 25.1. The lowest BCUT2D eigenvalue weighted by atomic mass is 9.96. The number of urea groups is 1. The van der Waals surface area contributed by atoms with Gasteiger partial charge in [-0.05, 0) is 31.5 Å². The summed E-state index contributed by atoms with van der Waals surface area (Å²) in [6.45, 7) is 2.93. The van der Waals surface area contributed by atoms with Crippen LogP contribution >= 0.6 is 0 Å².